The SMILES string of the molecule is Cc1nc(CC(=O)O)c2cc(Cl)ccn12. The molecule has 0 unspecified atom stereocenters. The van der Waals surface area contributed by atoms with Gasteiger partial charge in [0.25, 0.3) is 0 Å². The maximum absolute atomic E-state index is 10.6. The Morgan fingerprint density at radius 3 is 3.07 bits per heavy atom. The van der Waals surface area contributed by atoms with Gasteiger partial charge in [0, 0.05) is 11.2 Å². The van der Waals surface area contributed by atoms with Gasteiger partial charge in [-0.1, -0.05) is 11.6 Å². The van der Waals surface area contributed by atoms with Crippen LogP contribution >= 0.6 is 11.6 Å². The van der Waals surface area contributed by atoms with Gasteiger partial charge in [-0.3, -0.25) is 4.79 Å². The molecule has 5 heteroatoms. The fraction of sp³-hybridized carbons (Fsp3) is 0.200. The molecule has 2 aromatic rings. The Morgan fingerprint density at radius 2 is 2.40 bits per heavy atom. The maximum Gasteiger partial charge on any atom is 0.309 e. The average molecular weight is 225 g/mol. The molecule has 0 fully saturated rings. The lowest BCUT2D eigenvalue weighted by Crippen LogP contribution is -2.00. The van der Waals surface area contributed by atoms with E-state index < -0.39 is 5.97 Å². The zero-order chi connectivity index (χ0) is 11.0. The van der Waals surface area contributed by atoms with Crippen molar-refractivity contribution in [3.63, 3.8) is 0 Å². The van der Waals surface area contributed by atoms with E-state index in [2.05, 4.69) is 4.98 Å². The number of aryl methyl sites for hydroxylation is 1. The molecule has 15 heavy (non-hydrogen) atoms. The second-order valence-electron chi connectivity index (χ2n) is 3.28. The number of imidazole rings is 1. The Balaban J connectivity index is 2.64. The van der Waals surface area contributed by atoms with Crippen LogP contribution in [0.2, 0.25) is 5.02 Å². The van der Waals surface area contributed by atoms with E-state index in [-0.39, 0.29) is 6.42 Å². The van der Waals surface area contributed by atoms with Crippen molar-refractivity contribution in [2.45, 2.75) is 13.3 Å². The van der Waals surface area contributed by atoms with E-state index in [4.69, 9.17) is 16.7 Å². The standard InChI is InChI=1S/C10H9ClN2O2/c1-6-12-8(5-10(14)15)9-4-7(11)2-3-13(6)9/h2-4H,5H2,1H3,(H,14,15). The van der Waals surface area contributed by atoms with E-state index in [1.165, 1.54) is 0 Å². The summed E-state index contributed by atoms with van der Waals surface area (Å²) in [5.41, 5.74) is 1.30. The van der Waals surface area contributed by atoms with Crippen LogP contribution in [-0.2, 0) is 11.2 Å². The molecule has 2 heterocycles. The molecule has 2 aromatic heterocycles. The Labute approximate surface area is 91.1 Å². The number of carboxylic acids is 1. The number of hydrogen-bond acceptors (Lipinski definition) is 2. The molecule has 0 aromatic carbocycles. The van der Waals surface area contributed by atoms with Crippen LogP contribution < -0.4 is 0 Å². The first kappa shape index (κ1) is 9.98. The number of carboxylic acid groups (broad SMARTS) is 1. The molecule has 4 nitrogen and oxygen atoms in total. The van der Waals surface area contributed by atoms with Crippen molar-refractivity contribution in [1.82, 2.24) is 9.38 Å². The van der Waals surface area contributed by atoms with Crippen LogP contribution in [0, 0.1) is 6.92 Å². The Bertz CT molecular complexity index is 533. The predicted octanol–water partition coefficient (Wildman–Crippen LogP) is 1.92. The number of hydrogen-bond donors (Lipinski definition) is 1. The summed E-state index contributed by atoms with van der Waals surface area (Å²) in [6.45, 7) is 1.83. The molecule has 0 radical (unpaired) electrons. The van der Waals surface area contributed by atoms with Gasteiger partial charge in [0.15, 0.2) is 0 Å². The maximum atomic E-state index is 10.6. The summed E-state index contributed by atoms with van der Waals surface area (Å²) < 4.78 is 1.82. The number of aromatic nitrogens is 2. The molecule has 2 rings (SSSR count). The van der Waals surface area contributed by atoms with Crippen molar-refractivity contribution in [3.8, 4) is 0 Å². The lowest BCUT2D eigenvalue weighted by atomic mass is 10.2. The molecule has 0 saturated carbocycles. The fourth-order valence-electron chi connectivity index (χ4n) is 1.56. The number of carbonyl (C=O) groups is 1. The fourth-order valence-corrected chi connectivity index (χ4v) is 1.72. The summed E-state index contributed by atoms with van der Waals surface area (Å²) in [6.07, 6.45) is 1.70. The molecule has 0 spiro atoms. The Hall–Kier alpha value is -1.55. The smallest absolute Gasteiger partial charge is 0.309 e. The van der Waals surface area contributed by atoms with Gasteiger partial charge in [-0.2, -0.15) is 0 Å². The zero-order valence-corrected chi connectivity index (χ0v) is 8.82. The molecule has 0 aliphatic carbocycles. The van der Waals surface area contributed by atoms with Crippen molar-refractivity contribution in [1.29, 1.82) is 0 Å². The third kappa shape index (κ3) is 1.80. The lowest BCUT2D eigenvalue weighted by Gasteiger charge is -1.97. The van der Waals surface area contributed by atoms with Gasteiger partial charge < -0.3 is 9.51 Å². The van der Waals surface area contributed by atoms with Crippen molar-refractivity contribution >= 4 is 23.1 Å². The van der Waals surface area contributed by atoms with Crippen LogP contribution in [0.25, 0.3) is 5.52 Å². The second kappa shape index (κ2) is 3.55. The first-order valence-electron chi connectivity index (χ1n) is 4.43. The highest BCUT2D eigenvalue weighted by Gasteiger charge is 2.11. The normalized spacial score (nSPS) is 10.8. The molecule has 0 amide bonds. The number of rotatable bonds is 2. The number of pyridine rings is 1. The Morgan fingerprint density at radius 1 is 1.67 bits per heavy atom. The van der Waals surface area contributed by atoms with Crippen LogP contribution in [0.15, 0.2) is 18.3 Å². The number of fused-ring (bicyclic) bond motifs is 1. The molecule has 1 N–H and O–H groups in total. The molecular weight excluding hydrogens is 216 g/mol. The first-order chi connectivity index (χ1) is 7.08. The molecule has 78 valence electrons. The van der Waals surface area contributed by atoms with Gasteiger partial charge in [-0.25, -0.2) is 4.98 Å². The van der Waals surface area contributed by atoms with Crippen LogP contribution in [0.1, 0.15) is 11.5 Å². The van der Waals surface area contributed by atoms with E-state index in [1.54, 1.807) is 18.3 Å². The van der Waals surface area contributed by atoms with Crippen LogP contribution in [0.3, 0.4) is 0 Å². The minimum Gasteiger partial charge on any atom is -0.481 e. The van der Waals surface area contributed by atoms with Crippen molar-refractivity contribution in [3.05, 3.63) is 34.9 Å². The molecule has 0 atom stereocenters. The third-order valence-corrected chi connectivity index (χ3v) is 2.41. The highest BCUT2D eigenvalue weighted by molar-refractivity contribution is 6.30. The summed E-state index contributed by atoms with van der Waals surface area (Å²) in [4.78, 5) is 14.8. The van der Waals surface area contributed by atoms with Crippen LogP contribution in [0.4, 0.5) is 0 Å². The Kier molecular flexibility index (Phi) is 2.36. The largest absolute Gasteiger partial charge is 0.481 e. The monoisotopic (exact) mass is 224 g/mol. The highest BCUT2D eigenvalue weighted by Crippen LogP contribution is 2.18. The summed E-state index contributed by atoms with van der Waals surface area (Å²) in [7, 11) is 0. The molecule has 0 aliphatic rings. The highest BCUT2D eigenvalue weighted by atomic mass is 35.5. The minimum atomic E-state index is -0.894. The molecule has 0 aliphatic heterocycles. The quantitative estimate of drug-likeness (QED) is 0.848. The van der Waals surface area contributed by atoms with Crippen LogP contribution in [0.5, 0.6) is 0 Å². The van der Waals surface area contributed by atoms with Crippen molar-refractivity contribution in [2.75, 3.05) is 0 Å². The summed E-state index contributed by atoms with van der Waals surface area (Å²) in [6, 6.07) is 3.47. The third-order valence-electron chi connectivity index (χ3n) is 2.18. The lowest BCUT2D eigenvalue weighted by molar-refractivity contribution is -0.136. The summed E-state index contributed by atoms with van der Waals surface area (Å²) in [5, 5.41) is 9.30. The van der Waals surface area contributed by atoms with E-state index in [0.29, 0.717) is 10.7 Å². The number of aliphatic carboxylic acids is 1. The van der Waals surface area contributed by atoms with E-state index in [9.17, 15) is 4.79 Å². The van der Waals surface area contributed by atoms with Crippen molar-refractivity contribution < 1.29 is 9.90 Å². The van der Waals surface area contributed by atoms with Gasteiger partial charge >= 0.3 is 5.97 Å². The van der Waals surface area contributed by atoms with Gasteiger partial charge in [-0.15, -0.1) is 0 Å². The zero-order valence-electron chi connectivity index (χ0n) is 8.07. The van der Waals surface area contributed by atoms with E-state index in [0.717, 1.165) is 11.3 Å². The number of halogens is 1. The minimum absolute atomic E-state index is 0.0856. The predicted molar refractivity (Wildman–Crippen MR) is 56.3 cm³/mol. The summed E-state index contributed by atoms with van der Waals surface area (Å²) >= 11 is 5.85. The van der Waals surface area contributed by atoms with E-state index >= 15 is 0 Å². The number of nitrogens with zero attached hydrogens (tertiary/aromatic N) is 2. The van der Waals surface area contributed by atoms with E-state index in [1.807, 2.05) is 11.3 Å². The second-order valence-corrected chi connectivity index (χ2v) is 3.71. The summed E-state index contributed by atoms with van der Waals surface area (Å²) in [5.74, 6) is -0.132. The van der Waals surface area contributed by atoms with Gasteiger partial charge in [-0.05, 0) is 19.1 Å². The topological polar surface area (TPSA) is 54.6 Å². The molecule has 0 saturated heterocycles. The van der Waals surface area contributed by atoms with Gasteiger partial charge in [0.05, 0.1) is 17.6 Å². The van der Waals surface area contributed by atoms with Gasteiger partial charge in [0.1, 0.15) is 5.82 Å². The molecule has 0 bridgehead atoms. The van der Waals surface area contributed by atoms with Crippen LogP contribution in [-0.4, -0.2) is 20.5 Å². The first-order valence-corrected chi connectivity index (χ1v) is 4.80. The average Bonchev–Trinajstić information content (AvgIpc) is 2.42. The molecular formula is C10H9ClN2O2. The van der Waals surface area contributed by atoms with Gasteiger partial charge in [0.2, 0.25) is 0 Å². The van der Waals surface area contributed by atoms with Crippen molar-refractivity contribution in [2.24, 2.45) is 0 Å².